The average Bonchev–Trinajstić information content (AvgIpc) is 2.61. The van der Waals surface area contributed by atoms with Gasteiger partial charge in [-0.3, -0.25) is 9.69 Å². The van der Waals surface area contributed by atoms with Gasteiger partial charge >= 0.3 is 0 Å². The summed E-state index contributed by atoms with van der Waals surface area (Å²) in [6.07, 6.45) is 9.22. The number of nitrogens with zero attached hydrogens (tertiary/aromatic N) is 1. The van der Waals surface area contributed by atoms with E-state index in [4.69, 9.17) is 0 Å². The number of rotatable bonds is 5. The minimum Gasteiger partial charge on any atom is -0.352 e. The molecular formula is C21H32N2O. The fraction of sp³-hybridized carbons (Fsp3) is 0.667. The smallest absolute Gasteiger partial charge is 0.251 e. The Kier molecular flexibility index (Phi) is 6.30. The standard InChI is InChI=1S/C21H32N2O/c1-17-6-5-13-23(15-17)16-19-9-11-20(12-10-19)21(24)22-14-18-7-3-2-4-8-18/h9-12,17-18H,2-8,13-16H2,1H3,(H,22,24)/t17-/m1/s1. The van der Waals surface area contributed by atoms with Gasteiger partial charge < -0.3 is 5.32 Å². The van der Waals surface area contributed by atoms with Gasteiger partial charge in [-0.25, -0.2) is 0 Å². The first-order valence-electron chi connectivity index (χ1n) is 9.80. The Hall–Kier alpha value is -1.35. The predicted molar refractivity (Wildman–Crippen MR) is 99.0 cm³/mol. The largest absolute Gasteiger partial charge is 0.352 e. The monoisotopic (exact) mass is 328 g/mol. The van der Waals surface area contributed by atoms with Crippen molar-refractivity contribution in [3.8, 4) is 0 Å². The first kappa shape index (κ1) is 17.5. The Morgan fingerprint density at radius 2 is 1.83 bits per heavy atom. The molecule has 0 aromatic heterocycles. The topological polar surface area (TPSA) is 32.3 Å². The quantitative estimate of drug-likeness (QED) is 0.877. The average molecular weight is 329 g/mol. The van der Waals surface area contributed by atoms with Crippen LogP contribution in [-0.2, 0) is 6.54 Å². The van der Waals surface area contributed by atoms with Crippen molar-refractivity contribution in [2.75, 3.05) is 19.6 Å². The van der Waals surface area contributed by atoms with Crippen LogP contribution < -0.4 is 5.32 Å². The van der Waals surface area contributed by atoms with Gasteiger partial charge in [0, 0.05) is 25.2 Å². The highest BCUT2D eigenvalue weighted by Crippen LogP contribution is 2.23. The highest BCUT2D eigenvalue weighted by molar-refractivity contribution is 5.94. The van der Waals surface area contributed by atoms with E-state index in [1.807, 2.05) is 12.1 Å². The van der Waals surface area contributed by atoms with E-state index in [0.29, 0.717) is 5.92 Å². The molecule has 2 fully saturated rings. The summed E-state index contributed by atoms with van der Waals surface area (Å²) in [5, 5.41) is 3.13. The Morgan fingerprint density at radius 1 is 1.08 bits per heavy atom. The van der Waals surface area contributed by atoms with Crippen LogP contribution in [0.5, 0.6) is 0 Å². The van der Waals surface area contributed by atoms with E-state index >= 15 is 0 Å². The second-order valence-electron chi connectivity index (χ2n) is 7.89. The minimum atomic E-state index is 0.0821. The molecule has 1 amide bonds. The molecule has 0 bridgehead atoms. The van der Waals surface area contributed by atoms with Crippen LogP contribution >= 0.6 is 0 Å². The number of amides is 1. The second kappa shape index (κ2) is 8.66. The van der Waals surface area contributed by atoms with Crippen LogP contribution in [0.3, 0.4) is 0 Å². The van der Waals surface area contributed by atoms with Gasteiger partial charge in [-0.1, -0.05) is 38.3 Å². The van der Waals surface area contributed by atoms with Crippen molar-refractivity contribution in [3.05, 3.63) is 35.4 Å². The van der Waals surface area contributed by atoms with Crippen molar-refractivity contribution in [3.63, 3.8) is 0 Å². The predicted octanol–water partition coefficient (Wildman–Crippen LogP) is 4.23. The van der Waals surface area contributed by atoms with Crippen molar-refractivity contribution < 1.29 is 4.79 Å². The van der Waals surface area contributed by atoms with Crippen LogP contribution in [0.1, 0.15) is 67.8 Å². The number of benzene rings is 1. The van der Waals surface area contributed by atoms with E-state index in [9.17, 15) is 4.79 Å². The molecule has 132 valence electrons. The molecule has 1 heterocycles. The van der Waals surface area contributed by atoms with Gasteiger partial charge in [0.25, 0.3) is 5.91 Å². The van der Waals surface area contributed by atoms with Crippen LogP contribution in [0.25, 0.3) is 0 Å². The maximum absolute atomic E-state index is 12.3. The number of nitrogens with one attached hydrogen (secondary N) is 1. The Morgan fingerprint density at radius 3 is 2.54 bits per heavy atom. The van der Waals surface area contributed by atoms with Crippen LogP contribution in [0.2, 0.25) is 0 Å². The van der Waals surface area contributed by atoms with E-state index < -0.39 is 0 Å². The van der Waals surface area contributed by atoms with Gasteiger partial charge in [-0.15, -0.1) is 0 Å². The van der Waals surface area contributed by atoms with E-state index in [2.05, 4.69) is 29.3 Å². The van der Waals surface area contributed by atoms with E-state index in [0.717, 1.165) is 24.6 Å². The van der Waals surface area contributed by atoms with Gasteiger partial charge in [-0.2, -0.15) is 0 Å². The first-order chi connectivity index (χ1) is 11.7. The molecule has 0 spiro atoms. The van der Waals surface area contributed by atoms with Crippen LogP contribution in [0.4, 0.5) is 0 Å². The van der Waals surface area contributed by atoms with Crippen molar-refractivity contribution in [1.82, 2.24) is 10.2 Å². The summed E-state index contributed by atoms with van der Waals surface area (Å²) < 4.78 is 0. The van der Waals surface area contributed by atoms with Gasteiger partial charge in [0.2, 0.25) is 0 Å². The highest BCUT2D eigenvalue weighted by Gasteiger charge is 2.17. The summed E-state index contributed by atoms with van der Waals surface area (Å²) in [6, 6.07) is 8.21. The summed E-state index contributed by atoms with van der Waals surface area (Å²) in [4.78, 5) is 14.8. The summed E-state index contributed by atoms with van der Waals surface area (Å²) in [5.74, 6) is 1.57. The van der Waals surface area contributed by atoms with Gasteiger partial charge in [0.1, 0.15) is 0 Å². The van der Waals surface area contributed by atoms with Crippen LogP contribution in [0.15, 0.2) is 24.3 Å². The summed E-state index contributed by atoms with van der Waals surface area (Å²) in [6.45, 7) is 6.59. The Balaban J connectivity index is 1.47. The third-order valence-corrected chi connectivity index (χ3v) is 5.64. The second-order valence-corrected chi connectivity index (χ2v) is 7.89. The fourth-order valence-corrected chi connectivity index (χ4v) is 4.18. The molecule has 3 heteroatoms. The molecule has 0 unspecified atom stereocenters. The molecule has 24 heavy (non-hydrogen) atoms. The molecule has 0 radical (unpaired) electrons. The molecule has 3 rings (SSSR count). The fourth-order valence-electron chi connectivity index (χ4n) is 4.18. The lowest BCUT2D eigenvalue weighted by atomic mass is 9.89. The molecular weight excluding hydrogens is 296 g/mol. The number of hydrogen-bond acceptors (Lipinski definition) is 2. The number of piperidine rings is 1. The SMILES string of the molecule is C[C@@H]1CCCN(Cc2ccc(C(=O)NCC3CCCCC3)cc2)C1. The lowest BCUT2D eigenvalue weighted by Crippen LogP contribution is -2.33. The Bertz CT molecular complexity index is 519. The molecule has 3 nitrogen and oxygen atoms in total. The summed E-state index contributed by atoms with van der Waals surface area (Å²) >= 11 is 0. The first-order valence-corrected chi connectivity index (χ1v) is 9.80. The molecule has 1 saturated heterocycles. The number of carbonyl (C=O) groups excluding carboxylic acids is 1. The number of hydrogen-bond donors (Lipinski definition) is 1. The normalized spacial score (nSPS) is 23.1. The lowest BCUT2D eigenvalue weighted by Gasteiger charge is -2.30. The molecule has 1 saturated carbocycles. The zero-order chi connectivity index (χ0) is 16.8. The molecule has 1 aliphatic heterocycles. The molecule has 1 N–H and O–H groups in total. The molecule has 1 aromatic rings. The van der Waals surface area contributed by atoms with E-state index in [-0.39, 0.29) is 5.91 Å². The molecule has 1 aliphatic carbocycles. The van der Waals surface area contributed by atoms with Crippen LogP contribution in [0, 0.1) is 11.8 Å². The summed E-state index contributed by atoms with van der Waals surface area (Å²) in [5.41, 5.74) is 2.11. The minimum absolute atomic E-state index is 0.0821. The zero-order valence-corrected chi connectivity index (χ0v) is 15.1. The van der Waals surface area contributed by atoms with Crippen molar-refractivity contribution in [2.45, 2.75) is 58.4 Å². The van der Waals surface area contributed by atoms with Gasteiger partial charge in [-0.05, 0) is 61.8 Å². The van der Waals surface area contributed by atoms with Crippen molar-refractivity contribution in [1.29, 1.82) is 0 Å². The third kappa shape index (κ3) is 5.07. The van der Waals surface area contributed by atoms with E-state index in [1.165, 1.54) is 63.6 Å². The number of carbonyl (C=O) groups is 1. The van der Waals surface area contributed by atoms with Crippen molar-refractivity contribution >= 4 is 5.91 Å². The van der Waals surface area contributed by atoms with E-state index in [1.54, 1.807) is 0 Å². The third-order valence-electron chi connectivity index (χ3n) is 5.64. The highest BCUT2D eigenvalue weighted by atomic mass is 16.1. The van der Waals surface area contributed by atoms with Crippen molar-refractivity contribution in [2.24, 2.45) is 11.8 Å². The lowest BCUT2D eigenvalue weighted by molar-refractivity contribution is 0.0943. The maximum Gasteiger partial charge on any atom is 0.251 e. The molecule has 2 aliphatic rings. The van der Waals surface area contributed by atoms with Crippen LogP contribution in [-0.4, -0.2) is 30.4 Å². The van der Waals surface area contributed by atoms with Gasteiger partial charge in [0.15, 0.2) is 0 Å². The zero-order valence-electron chi connectivity index (χ0n) is 15.1. The molecule has 1 aromatic carbocycles. The molecule has 1 atom stereocenters. The Labute approximate surface area is 146 Å². The number of likely N-dealkylation sites (tertiary alicyclic amines) is 1. The summed E-state index contributed by atoms with van der Waals surface area (Å²) in [7, 11) is 0. The maximum atomic E-state index is 12.3. The van der Waals surface area contributed by atoms with Gasteiger partial charge in [0.05, 0.1) is 0 Å².